The van der Waals surface area contributed by atoms with Crippen molar-refractivity contribution >= 4 is 0 Å². The second kappa shape index (κ2) is 3.20. The van der Waals surface area contributed by atoms with E-state index < -0.39 is 0 Å². The van der Waals surface area contributed by atoms with Crippen LogP contribution in [0.15, 0.2) is 34.8 Å². The number of allylic oxidation sites excluding steroid dienone is 2. The first-order valence-corrected chi connectivity index (χ1v) is 5.88. The van der Waals surface area contributed by atoms with Crippen molar-refractivity contribution in [1.82, 2.24) is 10.2 Å². The zero-order valence-electron chi connectivity index (χ0n) is 9.81. The topological polar surface area (TPSA) is 15.3 Å². The number of fused-ring (bicyclic) bond motifs is 2. The quantitative estimate of drug-likeness (QED) is 0.672. The molecular formula is C13H17FN2. The van der Waals surface area contributed by atoms with Gasteiger partial charge in [-0.1, -0.05) is 0 Å². The fourth-order valence-corrected chi connectivity index (χ4v) is 3.08. The van der Waals surface area contributed by atoms with Crippen molar-refractivity contribution in [3.63, 3.8) is 0 Å². The van der Waals surface area contributed by atoms with Crippen LogP contribution in [0, 0.1) is 0 Å². The van der Waals surface area contributed by atoms with E-state index in [0.29, 0.717) is 0 Å². The molecule has 0 aromatic rings. The maximum atomic E-state index is 13.4. The van der Waals surface area contributed by atoms with E-state index in [1.54, 1.807) is 12.2 Å². The van der Waals surface area contributed by atoms with Crippen LogP contribution in [-0.4, -0.2) is 30.6 Å². The Hall–Kier alpha value is -1.09. The molecule has 2 aliphatic heterocycles. The van der Waals surface area contributed by atoms with Gasteiger partial charge in [-0.3, -0.25) is 0 Å². The van der Waals surface area contributed by atoms with Gasteiger partial charge in [-0.15, -0.1) is 0 Å². The molecule has 1 N–H and O–H groups in total. The van der Waals surface area contributed by atoms with Crippen molar-refractivity contribution in [2.75, 3.05) is 20.1 Å². The Kier molecular flexibility index (Phi) is 2.02. The molecule has 86 valence electrons. The summed E-state index contributed by atoms with van der Waals surface area (Å²) < 4.78 is 13.4. The van der Waals surface area contributed by atoms with Gasteiger partial charge in [0.2, 0.25) is 0 Å². The lowest BCUT2D eigenvalue weighted by molar-refractivity contribution is 0.239. The standard InChI is InChI=1S/C13H17FN2/c1-13-5-3-9(14)7-11(13)10-8-15-6-4-12(10)16(13)2/h3,7,15H,4-6,8H2,1-2H3. The van der Waals surface area contributed by atoms with Gasteiger partial charge >= 0.3 is 0 Å². The van der Waals surface area contributed by atoms with Crippen LogP contribution in [0.2, 0.25) is 0 Å². The minimum Gasteiger partial charge on any atom is -0.368 e. The summed E-state index contributed by atoms with van der Waals surface area (Å²) in [5.41, 5.74) is 3.87. The molecule has 0 radical (unpaired) electrons. The average molecular weight is 220 g/mol. The van der Waals surface area contributed by atoms with Crippen molar-refractivity contribution in [1.29, 1.82) is 0 Å². The smallest absolute Gasteiger partial charge is 0.119 e. The van der Waals surface area contributed by atoms with Gasteiger partial charge in [0.15, 0.2) is 0 Å². The molecule has 0 fully saturated rings. The number of rotatable bonds is 0. The monoisotopic (exact) mass is 220 g/mol. The Balaban J connectivity index is 2.12. The lowest BCUT2D eigenvalue weighted by Gasteiger charge is -2.37. The third-order valence-electron chi connectivity index (χ3n) is 4.22. The SMILES string of the molecule is CN1C2=C(CNCC2)C2=CC(F)=CCC21C. The molecule has 0 aromatic carbocycles. The molecule has 0 bridgehead atoms. The first-order valence-electron chi connectivity index (χ1n) is 5.88. The van der Waals surface area contributed by atoms with Crippen LogP contribution in [-0.2, 0) is 0 Å². The maximum absolute atomic E-state index is 13.4. The van der Waals surface area contributed by atoms with Gasteiger partial charge in [-0.05, 0) is 36.6 Å². The summed E-state index contributed by atoms with van der Waals surface area (Å²) in [4.78, 5) is 2.35. The van der Waals surface area contributed by atoms with Crippen molar-refractivity contribution in [3.8, 4) is 0 Å². The van der Waals surface area contributed by atoms with Crippen LogP contribution in [0.5, 0.6) is 0 Å². The van der Waals surface area contributed by atoms with Crippen LogP contribution in [0.1, 0.15) is 19.8 Å². The Morgan fingerprint density at radius 1 is 1.50 bits per heavy atom. The third-order valence-corrected chi connectivity index (χ3v) is 4.22. The van der Waals surface area contributed by atoms with E-state index in [4.69, 9.17) is 0 Å². The van der Waals surface area contributed by atoms with Crippen LogP contribution >= 0.6 is 0 Å². The third kappa shape index (κ3) is 1.15. The van der Waals surface area contributed by atoms with Gasteiger partial charge in [0, 0.05) is 32.3 Å². The lowest BCUT2D eigenvalue weighted by atomic mass is 9.82. The van der Waals surface area contributed by atoms with Crippen molar-refractivity contribution in [2.24, 2.45) is 0 Å². The molecule has 16 heavy (non-hydrogen) atoms. The summed E-state index contributed by atoms with van der Waals surface area (Å²) in [5, 5.41) is 3.37. The molecule has 2 nitrogen and oxygen atoms in total. The van der Waals surface area contributed by atoms with Gasteiger partial charge < -0.3 is 10.2 Å². The molecule has 1 aliphatic carbocycles. The van der Waals surface area contributed by atoms with E-state index >= 15 is 0 Å². The Morgan fingerprint density at radius 3 is 3.12 bits per heavy atom. The molecule has 0 amide bonds. The minimum atomic E-state index is -0.0831. The van der Waals surface area contributed by atoms with Crippen LogP contribution in [0.25, 0.3) is 0 Å². The average Bonchev–Trinajstić information content (AvgIpc) is 2.51. The molecule has 0 saturated carbocycles. The number of likely N-dealkylation sites (N-methyl/N-ethyl adjacent to an activating group) is 1. The molecule has 3 rings (SSSR count). The first kappa shape index (κ1) is 10.1. The van der Waals surface area contributed by atoms with E-state index in [1.165, 1.54) is 16.8 Å². The highest BCUT2D eigenvalue weighted by Gasteiger charge is 2.44. The minimum absolute atomic E-state index is 0.0216. The summed E-state index contributed by atoms with van der Waals surface area (Å²) in [6, 6.07) is 0. The second-order valence-corrected chi connectivity index (χ2v) is 5.04. The summed E-state index contributed by atoms with van der Waals surface area (Å²) in [6.45, 7) is 4.12. The van der Waals surface area contributed by atoms with E-state index in [9.17, 15) is 4.39 Å². The van der Waals surface area contributed by atoms with E-state index in [1.807, 2.05) is 0 Å². The van der Waals surface area contributed by atoms with Gasteiger partial charge in [0.05, 0.1) is 5.54 Å². The van der Waals surface area contributed by atoms with Crippen molar-refractivity contribution < 1.29 is 4.39 Å². The Labute approximate surface area is 95.5 Å². The number of hydrogen-bond donors (Lipinski definition) is 1. The van der Waals surface area contributed by atoms with Gasteiger partial charge in [-0.2, -0.15) is 0 Å². The summed E-state index contributed by atoms with van der Waals surface area (Å²) in [5.74, 6) is -0.0831. The highest BCUT2D eigenvalue weighted by Crippen LogP contribution is 2.47. The van der Waals surface area contributed by atoms with Crippen LogP contribution in [0.3, 0.4) is 0 Å². The summed E-state index contributed by atoms with van der Waals surface area (Å²) in [7, 11) is 2.14. The first-order chi connectivity index (χ1) is 7.63. The Morgan fingerprint density at radius 2 is 2.31 bits per heavy atom. The number of nitrogens with one attached hydrogen (secondary N) is 1. The fraction of sp³-hybridized carbons (Fsp3) is 0.538. The predicted octanol–water partition coefficient (Wildman–Crippen LogP) is 2.12. The molecule has 1 unspecified atom stereocenters. The van der Waals surface area contributed by atoms with Crippen molar-refractivity contribution in [2.45, 2.75) is 25.3 Å². The van der Waals surface area contributed by atoms with Crippen molar-refractivity contribution in [3.05, 3.63) is 34.8 Å². The zero-order valence-corrected chi connectivity index (χ0v) is 9.81. The predicted molar refractivity (Wildman–Crippen MR) is 62.6 cm³/mol. The lowest BCUT2D eigenvalue weighted by Crippen LogP contribution is -2.40. The second-order valence-electron chi connectivity index (χ2n) is 5.04. The number of nitrogens with zero attached hydrogens (tertiary/aromatic N) is 1. The molecule has 1 atom stereocenters. The largest absolute Gasteiger partial charge is 0.368 e. The molecule has 3 aliphatic rings. The normalized spacial score (nSPS) is 33.3. The van der Waals surface area contributed by atoms with Crippen LogP contribution in [0.4, 0.5) is 4.39 Å². The van der Waals surface area contributed by atoms with Gasteiger partial charge in [0.25, 0.3) is 0 Å². The molecule has 0 saturated heterocycles. The Bertz CT molecular complexity index is 433. The van der Waals surface area contributed by atoms with Crippen LogP contribution < -0.4 is 5.32 Å². The zero-order chi connectivity index (χ0) is 11.3. The highest BCUT2D eigenvalue weighted by molar-refractivity contribution is 5.54. The van der Waals surface area contributed by atoms with Gasteiger partial charge in [0.1, 0.15) is 5.83 Å². The molecule has 0 aromatic heterocycles. The molecule has 3 heteroatoms. The summed E-state index contributed by atoms with van der Waals surface area (Å²) in [6.07, 6.45) is 5.25. The molecule has 2 heterocycles. The highest BCUT2D eigenvalue weighted by atomic mass is 19.1. The van der Waals surface area contributed by atoms with E-state index in [2.05, 4.69) is 24.2 Å². The van der Waals surface area contributed by atoms with E-state index in [0.717, 1.165) is 25.9 Å². The summed E-state index contributed by atoms with van der Waals surface area (Å²) >= 11 is 0. The maximum Gasteiger partial charge on any atom is 0.119 e. The fourth-order valence-electron chi connectivity index (χ4n) is 3.08. The number of hydrogen-bond acceptors (Lipinski definition) is 2. The van der Waals surface area contributed by atoms with E-state index in [-0.39, 0.29) is 11.4 Å². The van der Waals surface area contributed by atoms with Gasteiger partial charge in [-0.25, -0.2) is 4.39 Å². The number of halogens is 1. The molecule has 0 spiro atoms. The molecular weight excluding hydrogens is 203 g/mol.